The van der Waals surface area contributed by atoms with E-state index in [1.54, 1.807) is 0 Å². The molecule has 0 saturated carbocycles. The van der Waals surface area contributed by atoms with Crippen LogP contribution in [0.1, 0.15) is 26.3 Å². The summed E-state index contributed by atoms with van der Waals surface area (Å²) >= 11 is 0. The molecule has 1 aliphatic rings. The van der Waals surface area contributed by atoms with Crippen LogP contribution in [-0.4, -0.2) is 15.6 Å². The summed E-state index contributed by atoms with van der Waals surface area (Å²) in [5, 5.41) is 2.18. The molecule has 0 saturated heterocycles. The Labute approximate surface area is 422 Å². The van der Waals surface area contributed by atoms with Crippen molar-refractivity contribution in [3.05, 3.63) is 242 Å². The van der Waals surface area contributed by atoms with Gasteiger partial charge in [0.1, 0.15) is 11.5 Å². The monoisotopic (exact) mass is 1080 g/mol. The van der Waals surface area contributed by atoms with E-state index in [2.05, 4.69) is 247 Å². The maximum absolute atomic E-state index is 6.75. The molecule has 0 N–H and O–H groups in total. The fourth-order valence-electron chi connectivity index (χ4n) is 9.64. The van der Waals surface area contributed by atoms with Crippen molar-refractivity contribution in [1.29, 1.82) is 0 Å². The van der Waals surface area contributed by atoms with Crippen LogP contribution < -0.4 is 13.9 Å². The topological polar surface area (TPSA) is 33.1 Å². The molecule has 0 fully saturated rings. The van der Waals surface area contributed by atoms with Crippen LogP contribution in [0, 0.1) is 12.1 Å². The molecule has 0 spiro atoms. The molecular formula is C64H46N4OPt+2. The van der Waals surface area contributed by atoms with Gasteiger partial charge in [0.05, 0.1) is 5.56 Å². The van der Waals surface area contributed by atoms with Gasteiger partial charge in [-0.3, -0.25) is 0 Å². The van der Waals surface area contributed by atoms with Gasteiger partial charge in [-0.05, 0) is 78.6 Å². The zero-order valence-electron chi connectivity index (χ0n) is 38.9. The summed E-state index contributed by atoms with van der Waals surface area (Å²) in [6, 6.07) is 87.6. The molecule has 0 amide bonds. The standard InChI is InChI=1S/C64H46N4O.Pt/c1-64(2,3)48-37-38-65-61(40-48)68-58-36-33-47(44-19-8-4-9-20-44)39-57(58)55-35-34-52(42-60(55)68)69-51-28-16-27-50(41-51)66-43-67(49-25-14-7-15-26-49)63-56(31-18-32-59(63)66)62-53(45-21-10-5-11-22-45)29-17-30-54(62)46-23-12-6-13-24-46;/h4-40H,1-3H3;/q;+2. The van der Waals surface area contributed by atoms with Gasteiger partial charge in [-0.25, -0.2) is 4.98 Å². The molecule has 0 aliphatic carbocycles. The van der Waals surface area contributed by atoms with Crippen molar-refractivity contribution in [3.63, 3.8) is 0 Å². The number of ether oxygens (including phenoxy) is 1. The molecule has 11 aromatic rings. The summed E-state index contributed by atoms with van der Waals surface area (Å²) in [4.78, 5) is 4.94. The van der Waals surface area contributed by atoms with Crippen molar-refractivity contribution >= 4 is 50.6 Å². The van der Waals surface area contributed by atoms with E-state index < -0.39 is 0 Å². The summed E-state index contributed by atoms with van der Waals surface area (Å²) in [6.45, 7) is 6.69. The third-order valence-electron chi connectivity index (χ3n) is 13.0. The first-order valence-corrected chi connectivity index (χ1v) is 23.4. The fourth-order valence-corrected chi connectivity index (χ4v) is 9.64. The van der Waals surface area contributed by atoms with Crippen LogP contribution in [0.3, 0.4) is 0 Å². The van der Waals surface area contributed by atoms with Crippen LogP contribution in [0.5, 0.6) is 11.5 Å². The fraction of sp³-hybridized carbons (Fsp3) is 0.0625. The molecule has 9 aromatic carbocycles. The van der Waals surface area contributed by atoms with E-state index in [-0.39, 0.29) is 26.5 Å². The van der Waals surface area contributed by atoms with Gasteiger partial charge >= 0.3 is 32.8 Å². The van der Waals surface area contributed by atoms with Gasteiger partial charge in [0.2, 0.25) is 5.69 Å². The van der Waals surface area contributed by atoms with E-state index >= 15 is 0 Å². The SMILES string of the molecule is CC(C)(C)c1ccnc(-n2c3[c-]c(Oc4[c-]c([N+]5=C=[N+](c6ccccc6)c6c(-c7c(-c8ccccc8)cccc7-c7ccccc7)cccc65)ccc4)ccc3c3cc(-c4ccccc4)ccc32)c1.[Pt+2]. The van der Waals surface area contributed by atoms with Crippen LogP contribution >= 0.6 is 0 Å². The molecule has 12 rings (SSSR count). The van der Waals surface area contributed by atoms with E-state index in [0.29, 0.717) is 11.5 Å². The summed E-state index contributed by atoms with van der Waals surface area (Å²) in [5.74, 6) is 1.97. The van der Waals surface area contributed by atoms with Gasteiger partial charge in [-0.1, -0.05) is 189 Å². The predicted molar refractivity (Wildman–Crippen MR) is 284 cm³/mol. The van der Waals surface area contributed by atoms with Crippen molar-refractivity contribution in [2.75, 3.05) is 0 Å². The minimum absolute atomic E-state index is 0. The third kappa shape index (κ3) is 8.10. The van der Waals surface area contributed by atoms with Crippen molar-refractivity contribution < 1.29 is 25.8 Å². The molecule has 0 atom stereocenters. The number of rotatable bonds is 9. The Bertz CT molecular complexity index is 3760. The molecule has 0 unspecified atom stereocenters. The number of pyridine rings is 1. The molecule has 2 aromatic heterocycles. The van der Waals surface area contributed by atoms with E-state index in [0.717, 1.165) is 89.3 Å². The van der Waals surface area contributed by atoms with Crippen molar-refractivity contribution in [3.8, 4) is 61.8 Å². The maximum Gasteiger partial charge on any atom is 2.00 e. The molecule has 5 nitrogen and oxygen atoms in total. The van der Waals surface area contributed by atoms with Crippen LogP contribution in [0.4, 0.5) is 22.7 Å². The Hall–Kier alpha value is -8.20. The van der Waals surface area contributed by atoms with E-state index in [9.17, 15) is 0 Å². The van der Waals surface area contributed by atoms with Crippen LogP contribution in [0.25, 0.3) is 72.1 Å². The van der Waals surface area contributed by atoms with Gasteiger partial charge in [-0.15, -0.1) is 23.6 Å². The van der Waals surface area contributed by atoms with Crippen LogP contribution in [0.15, 0.2) is 225 Å². The molecule has 0 radical (unpaired) electrons. The normalized spacial score (nSPS) is 12.0. The summed E-state index contributed by atoms with van der Waals surface area (Å²) in [5.41, 5.74) is 16.0. The molecular weight excluding hydrogens is 1040 g/mol. The molecule has 70 heavy (non-hydrogen) atoms. The van der Waals surface area contributed by atoms with Crippen molar-refractivity contribution in [2.24, 2.45) is 0 Å². The number of nitrogens with zero attached hydrogens (tertiary/aromatic N) is 4. The van der Waals surface area contributed by atoms with Crippen molar-refractivity contribution in [2.45, 2.75) is 26.2 Å². The zero-order valence-corrected chi connectivity index (χ0v) is 41.1. The Morgan fingerprint density at radius 2 is 1.13 bits per heavy atom. The van der Waals surface area contributed by atoms with Gasteiger partial charge in [0.15, 0.2) is 0 Å². The first-order valence-electron chi connectivity index (χ1n) is 23.4. The number of hydrogen-bond acceptors (Lipinski definition) is 2. The zero-order chi connectivity index (χ0) is 46.5. The second-order valence-corrected chi connectivity index (χ2v) is 18.4. The van der Waals surface area contributed by atoms with Crippen molar-refractivity contribution in [1.82, 2.24) is 18.7 Å². The van der Waals surface area contributed by atoms with Gasteiger partial charge in [0.25, 0.3) is 5.69 Å². The quantitative estimate of drug-likeness (QED) is 0.107. The number of aromatic nitrogens is 2. The Kier molecular flexibility index (Phi) is 11.6. The second-order valence-electron chi connectivity index (χ2n) is 18.4. The molecule has 336 valence electrons. The average Bonchev–Trinajstić information content (AvgIpc) is 3.95. The summed E-state index contributed by atoms with van der Waals surface area (Å²) in [6.07, 6.45) is 1.91. The average molecular weight is 1080 g/mol. The van der Waals surface area contributed by atoms with Crippen LogP contribution in [-0.2, 0) is 26.5 Å². The molecule has 6 heteroatoms. The predicted octanol–water partition coefficient (Wildman–Crippen LogP) is 16.4. The number of para-hydroxylation sites is 2. The first-order chi connectivity index (χ1) is 33.9. The van der Waals surface area contributed by atoms with E-state index in [1.807, 2.05) is 30.5 Å². The Balaban J connectivity index is 0.00000533. The minimum Gasteiger partial charge on any atom is -0.509 e. The third-order valence-corrected chi connectivity index (χ3v) is 13.0. The summed E-state index contributed by atoms with van der Waals surface area (Å²) in [7, 11) is 0. The Morgan fingerprint density at radius 1 is 0.514 bits per heavy atom. The maximum atomic E-state index is 6.75. The van der Waals surface area contributed by atoms with Gasteiger partial charge in [-0.2, -0.15) is 12.1 Å². The first kappa shape index (κ1) is 44.3. The number of hydrogen-bond donors (Lipinski definition) is 0. The second kappa shape index (κ2) is 18.4. The Morgan fingerprint density at radius 3 is 1.81 bits per heavy atom. The molecule has 0 bridgehead atoms. The van der Waals surface area contributed by atoms with Crippen LogP contribution in [0.2, 0.25) is 0 Å². The number of benzene rings is 9. The smallest absolute Gasteiger partial charge is 0.509 e. The number of fused-ring (bicyclic) bond motifs is 4. The largest absolute Gasteiger partial charge is 2.00 e. The van der Waals surface area contributed by atoms with E-state index in [1.165, 1.54) is 11.1 Å². The summed E-state index contributed by atoms with van der Waals surface area (Å²) < 4.78 is 13.2. The van der Waals surface area contributed by atoms with Gasteiger partial charge in [0, 0.05) is 47.0 Å². The van der Waals surface area contributed by atoms with E-state index in [4.69, 9.17) is 9.72 Å². The minimum atomic E-state index is -0.0576. The molecule has 3 heterocycles. The van der Waals surface area contributed by atoms with Gasteiger partial charge < -0.3 is 9.30 Å². The molecule has 1 aliphatic heterocycles.